The summed E-state index contributed by atoms with van der Waals surface area (Å²) in [5, 5.41) is 4.12. The first-order chi connectivity index (χ1) is 12.7. The number of furan rings is 2. The molecule has 0 spiro atoms. The Bertz CT molecular complexity index is 874. The van der Waals surface area contributed by atoms with Crippen molar-refractivity contribution in [2.45, 2.75) is 6.54 Å². The van der Waals surface area contributed by atoms with Crippen molar-refractivity contribution in [2.24, 2.45) is 0 Å². The number of piperazine rings is 1. The van der Waals surface area contributed by atoms with Crippen LogP contribution >= 0.6 is 0 Å². The SMILES string of the molecule is O=C(c1ccco1)N1CCN(C(=O)c2ccc(Cn3cccn3)o2)CC1. The predicted molar refractivity (Wildman–Crippen MR) is 90.6 cm³/mol. The Kier molecular flexibility index (Phi) is 4.30. The zero-order valence-corrected chi connectivity index (χ0v) is 14.1. The Hall–Kier alpha value is -3.29. The molecule has 2 amide bonds. The molecule has 26 heavy (non-hydrogen) atoms. The summed E-state index contributed by atoms with van der Waals surface area (Å²) in [6.07, 6.45) is 5.00. The minimum Gasteiger partial charge on any atom is -0.459 e. The smallest absolute Gasteiger partial charge is 0.289 e. The normalized spacial score (nSPS) is 14.6. The molecule has 0 aliphatic carbocycles. The number of amides is 2. The topological polar surface area (TPSA) is 84.7 Å². The van der Waals surface area contributed by atoms with E-state index in [4.69, 9.17) is 8.83 Å². The Morgan fingerprint density at radius 2 is 1.69 bits per heavy atom. The molecule has 0 bridgehead atoms. The van der Waals surface area contributed by atoms with Gasteiger partial charge in [0.1, 0.15) is 5.76 Å². The van der Waals surface area contributed by atoms with Gasteiger partial charge in [-0.2, -0.15) is 5.10 Å². The minimum absolute atomic E-state index is 0.151. The Balaban J connectivity index is 1.35. The van der Waals surface area contributed by atoms with Gasteiger partial charge in [0.15, 0.2) is 11.5 Å². The summed E-state index contributed by atoms with van der Waals surface area (Å²) < 4.78 is 12.5. The van der Waals surface area contributed by atoms with Crippen LogP contribution in [0.5, 0.6) is 0 Å². The molecule has 8 heteroatoms. The van der Waals surface area contributed by atoms with Crippen LogP contribution in [0.1, 0.15) is 26.9 Å². The minimum atomic E-state index is -0.165. The number of carbonyl (C=O) groups excluding carboxylic acids is 2. The van der Waals surface area contributed by atoms with E-state index in [1.165, 1.54) is 6.26 Å². The van der Waals surface area contributed by atoms with E-state index in [1.807, 2.05) is 12.3 Å². The highest BCUT2D eigenvalue weighted by Crippen LogP contribution is 2.15. The first-order valence-corrected chi connectivity index (χ1v) is 8.39. The third-order valence-electron chi connectivity index (χ3n) is 4.34. The molecule has 4 heterocycles. The molecule has 0 unspecified atom stereocenters. The number of hydrogen-bond donors (Lipinski definition) is 0. The third kappa shape index (κ3) is 3.26. The predicted octanol–water partition coefficient (Wildman–Crippen LogP) is 1.72. The molecule has 1 aliphatic heterocycles. The van der Waals surface area contributed by atoms with Gasteiger partial charge in [-0.3, -0.25) is 14.3 Å². The molecule has 1 aliphatic rings. The van der Waals surface area contributed by atoms with Gasteiger partial charge in [-0.25, -0.2) is 0 Å². The second kappa shape index (κ2) is 6.91. The summed E-state index contributed by atoms with van der Waals surface area (Å²) in [7, 11) is 0. The second-order valence-electron chi connectivity index (χ2n) is 6.03. The lowest BCUT2D eigenvalue weighted by molar-refractivity contribution is 0.0501. The van der Waals surface area contributed by atoms with Crippen molar-refractivity contribution in [3.63, 3.8) is 0 Å². The van der Waals surface area contributed by atoms with Gasteiger partial charge in [-0.1, -0.05) is 0 Å². The molecular formula is C18H18N4O4. The van der Waals surface area contributed by atoms with Crippen molar-refractivity contribution in [2.75, 3.05) is 26.2 Å². The van der Waals surface area contributed by atoms with E-state index in [2.05, 4.69) is 5.10 Å². The van der Waals surface area contributed by atoms with E-state index in [1.54, 1.807) is 44.9 Å². The average molecular weight is 354 g/mol. The van der Waals surface area contributed by atoms with Crippen LogP contribution in [0, 0.1) is 0 Å². The average Bonchev–Trinajstić information content (AvgIpc) is 3.43. The van der Waals surface area contributed by atoms with Gasteiger partial charge in [0, 0.05) is 38.6 Å². The molecule has 1 saturated heterocycles. The van der Waals surface area contributed by atoms with Gasteiger partial charge in [-0.15, -0.1) is 0 Å². The van der Waals surface area contributed by atoms with Crippen molar-refractivity contribution in [3.05, 3.63) is 66.3 Å². The van der Waals surface area contributed by atoms with Crippen molar-refractivity contribution in [3.8, 4) is 0 Å². The molecule has 0 atom stereocenters. The molecule has 1 fully saturated rings. The number of hydrogen-bond acceptors (Lipinski definition) is 5. The van der Waals surface area contributed by atoms with Crippen LogP contribution in [-0.2, 0) is 6.54 Å². The zero-order chi connectivity index (χ0) is 17.9. The third-order valence-corrected chi connectivity index (χ3v) is 4.34. The fourth-order valence-electron chi connectivity index (χ4n) is 2.96. The van der Waals surface area contributed by atoms with Gasteiger partial charge >= 0.3 is 0 Å². The zero-order valence-electron chi connectivity index (χ0n) is 14.1. The molecule has 134 valence electrons. The Labute approximate surface area is 149 Å². The number of carbonyl (C=O) groups is 2. The highest BCUT2D eigenvalue weighted by molar-refractivity contribution is 5.93. The lowest BCUT2D eigenvalue weighted by Gasteiger charge is -2.33. The lowest BCUT2D eigenvalue weighted by Crippen LogP contribution is -2.50. The van der Waals surface area contributed by atoms with Crippen LogP contribution < -0.4 is 0 Å². The first-order valence-electron chi connectivity index (χ1n) is 8.39. The van der Waals surface area contributed by atoms with Crippen LogP contribution in [0.3, 0.4) is 0 Å². The fourth-order valence-corrected chi connectivity index (χ4v) is 2.96. The molecule has 4 rings (SSSR count). The summed E-state index contributed by atoms with van der Waals surface area (Å²) in [6.45, 7) is 2.32. The maximum Gasteiger partial charge on any atom is 0.289 e. The van der Waals surface area contributed by atoms with Crippen LogP contribution in [0.15, 0.2) is 57.8 Å². The van der Waals surface area contributed by atoms with E-state index in [-0.39, 0.29) is 11.8 Å². The summed E-state index contributed by atoms with van der Waals surface area (Å²) >= 11 is 0. The van der Waals surface area contributed by atoms with E-state index >= 15 is 0 Å². The van der Waals surface area contributed by atoms with Gasteiger partial charge in [0.05, 0.1) is 12.8 Å². The Morgan fingerprint density at radius 1 is 0.962 bits per heavy atom. The van der Waals surface area contributed by atoms with Crippen LogP contribution in [0.4, 0.5) is 0 Å². The molecule has 0 saturated carbocycles. The summed E-state index contributed by atoms with van der Waals surface area (Å²) in [5.74, 6) is 0.976. The van der Waals surface area contributed by atoms with E-state index in [9.17, 15) is 9.59 Å². The van der Waals surface area contributed by atoms with Crippen molar-refractivity contribution >= 4 is 11.8 Å². The van der Waals surface area contributed by atoms with E-state index < -0.39 is 0 Å². The molecule has 0 aromatic carbocycles. The highest BCUT2D eigenvalue weighted by atomic mass is 16.4. The summed E-state index contributed by atoms with van der Waals surface area (Å²) in [5.41, 5.74) is 0. The van der Waals surface area contributed by atoms with Gasteiger partial charge < -0.3 is 18.6 Å². The fraction of sp³-hybridized carbons (Fsp3) is 0.278. The number of aromatic nitrogens is 2. The van der Waals surface area contributed by atoms with Crippen molar-refractivity contribution in [1.82, 2.24) is 19.6 Å². The summed E-state index contributed by atoms with van der Waals surface area (Å²) in [4.78, 5) is 28.3. The van der Waals surface area contributed by atoms with E-state index in [0.29, 0.717) is 50.0 Å². The van der Waals surface area contributed by atoms with Gasteiger partial charge in [0.2, 0.25) is 0 Å². The molecule has 3 aromatic rings. The monoisotopic (exact) mass is 354 g/mol. The second-order valence-corrected chi connectivity index (χ2v) is 6.03. The van der Waals surface area contributed by atoms with E-state index in [0.717, 1.165) is 0 Å². The molecule has 0 N–H and O–H groups in total. The van der Waals surface area contributed by atoms with Gasteiger partial charge in [-0.05, 0) is 30.3 Å². The van der Waals surface area contributed by atoms with Crippen molar-refractivity contribution < 1.29 is 18.4 Å². The number of rotatable bonds is 4. The largest absolute Gasteiger partial charge is 0.459 e. The molecule has 0 radical (unpaired) electrons. The maximum atomic E-state index is 12.6. The van der Waals surface area contributed by atoms with Crippen molar-refractivity contribution in [1.29, 1.82) is 0 Å². The Morgan fingerprint density at radius 3 is 2.31 bits per heavy atom. The van der Waals surface area contributed by atoms with Gasteiger partial charge in [0.25, 0.3) is 11.8 Å². The molecule has 3 aromatic heterocycles. The molecular weight excluding hydrogens is 336 g/mol. The molecule has 8 nitrogen and oxygen atoms in total. The highest BCUT2D eigenvalue weighted by Gasteiger charge is 2.27. The van der Waals surface area contributed by atoms with Crippen LogP contribution in [0.2, 0.25) is 0 Å². The maximum absolute atomic E-state index is 12.6. The lowest BCUT2D eigenvalue weighted by atomic mass is 10.2. The summed E-state index contributed by atoms with van der Waals surface area (Å²) in [6, 6.07) is 8.63. The van der Waals surface area contributed by atoms with Crippen LogP contribution in [-0.4, -0.2) is 57.6 Å². The quantitative estimate of drug-likeness (QED) is 0.712. The van der Waals surface area contributed by atoms with Crippen LogP contribution in [0.25, 0.3) is 0 Å². The number of nitrogens with zero attached hydrogens (tertiary/aromatic N) is 4. The first kappa shape index (κ1) is 16.2. The standard InChI is InChI=1S/C18H18N4O4/c23-17(15-3-1-12-25-15)20-8-10-21(11-9-20)18(24)16-5-4-14(26-16)13-22-7-2-6-19-22/h1-7,12H,8-11,13H2.